The fourth-order valence-corrected chi connectivity index (χ4v) is 4.28. The second-order valence-corrected chi connectivity index (χ2v) is 6.88. The summed E-state index contributed by atoms with van der Waals surface area (Å²) in [4.78, 5) is 16.6. The zero-order valence-corrected chi connectivity index (χ0v) is 14.2. The van der Waals surface area contributed by atoms with E-state index < -0.39 is 0 Å². The molecule has 0 fully saturated rings. The fourth-order valence-electron chi connectivity index (χ4n) is 2.92. The van der Waals surface area contributed by atoms with E-state index in [0.717, 1.165) is 53.6 Å². The van der Waals surface area contributed by atoms with Crippen LogP contribution in [0.4, 0.5) is 0 Å². The Labute approximate surface area is 139 Å². The zero-order chi connectivity index (χ0) is 15.5. The summed E-state index contributed by atoms with van der Waals surface area (Å²) < 4.78 is 1.86. The van der Waals surface area contributed by atoms with E-state index in [1.165, 1.54) is 11.3 Å². The molecule has 3 rings (SSSR count). The number of benzene rings is 1. The van der Waals surface area contributed by atoms with Crippen molar-refractivity contribution in [2.24, 2.45) is 0 Å². The Morgan fingerprint density at radius 1 is 1.32 bits per heavy atom. The zero-order valence-electron chi connectivity index (χ0n) is 12.6. The van der Waals surface area contributed by atoms with Gasteiger partial charge in [0.05, 0.1) is 0 Å². The van der Waals surface area contributed by atoms with Crippen LogP contribution in [0.3, 0.4) is 0 Å². The van der Waals surface area contributed by atoms with Crippen molar-refractivity contribution in [2.45, 2.75) is 49.9 Å². The molecule has 3 nitrogen and oxygen atoms in total. The van der Waals surface area contributed by atoms with Crippen molar-refractivity contribution in [2.75, 3.05) is 0 Å². The Kier molecular flexibility index (Phi) is 4.89. The van der Waals surface area contributed by atoms with Crippen LogP contribution in [0.15, 0.2) is 34.1 Å². The summed E-state index contributed by atoms with van der Waals surface area (Å²) in [6.07, 6.45) is 4.09. The predicted molar refractivity (Wildman–Crippen MR) is 91.8 cm³/mol. The van der Waals surface area contributed by atoms with Crippen molar-refractivity contribution in [1.29, 1.82) is 0 Å². The first-order valence-corrected chi connectivity index (χ1v) is 9.06. The number of nitrogens with zero attached hydrogens (tertiary/aromatic N) is 2. The summed E-state index contributed by atoms with van der Waals surface area (Å²) in [5.74, 6) is 0.746. The van der Waals surface area contributed by atoms with Gasteiger partial charge in [0.15, 0.2) is 0 Å². The molecule has 0 atom stereocenters. The molecule has 1 heterocycles. The SMILES string of the molecule is CCCn1c2c(c(SCc3ccccc3Cl)nc1=O)CCC2. The molecule has 0 saturated heterocycles. The third-order valence-corrected chi connectivity index (χ3v) is 5.41. The number of aromatic nitrogens is 2. The third-order valence-electron chi connectivity index (χ3n) is 3.97. The lowest BCUT2D eigenvalue weighted by Gasteiger charge is -2.13. The normalized spacial score (nSPS) is 13.4. The molecule has 0 spiro atoms. The Balaban J connectivity index is 1.89. The van der Waals surface area contributed by atoms with Crippen LogP contribution in [-0.2, 0) is 25.1 Å². The summed E-state index contributed by atoms with van der Waals surface area (Å²) in [6.45, 7) is 2.86. The maximum absolute atomic E-state index is 12.3. The van der Waals surface area contributed by atoms with Crippen LogP contribution in [0, 0.1) is 0 Å². The lowest BCUT2D eigenvalue weighted by atomic mass is 10.2. The van der Waals surface area contributed by atoms with Gasteiger partial charge in [-0.15, -0.1) is 11.8 Å². The first-order valence-electron chi connectivity index (χ1n) is 7.69. The summed E-state index contributed by atoms with van der Waals surface area (Å²) in [5.41, 5.74) is 3.44. The predicted octanol–water partition coefficient (Wildman–Crippen LogP) is 4.09. The standard InChI is InChI=1S/C17H19ClN2OS/c1-2-10-20-15-9-5-7-13(15)16(19-17(20)21)22-11-12-6-3-4-8-14(12)18/h3-4,6,8H,2,5,7,9-11H2,1H3. The lowest BCUT2D eigenvalue weighted by Crippen LogP contribution is -2.27. The van der Waals surface area contributed by atoms with E-state index in [4.69, 9.17) is 11.6 Å². The molecule has 22 heavy (non-hydrogen) atoms. The first-order chi connectivity index (χ1) is 10.7. The molecule has 0 unspecified atom stereocenters. The number of hydrogen-bond acceptors (Lipinski definition) is 3. The molecule has 1 aliphatic carbocycles. The molecule has 0 radical (unpaired) electrons. The van der Waals surface area contributed by atoms with Crippen molar-refractivity contribution in [3.05, 3.63) is 56.6 Å². The maximum Gasteiger partial charge on any atom is 0.348 e. The molecule has 0 bridgehead atoms. The summed E-state index contributed by atoms with van der Waals surface area (Å²) in [6, 6.07) is 7.83. The maximum atomic E-state index is 12.3. The highest BCUT2D eigenvalue weighted by molar-refractivity contribution is 7.98. The molecule has 0 saturated carbocycles. The van der Waals surface area contributed by atoms with E-state index in [9.17, 15) is 4.79 Å². The highest BCUT2D eigenvalue weighted by Gasteiger charge is 2.21. The molecule has 0 aliphatic heterocycles. The smallest absolute Gasteiger partial charge is 0.296 e. The van der Waals surface area contributed by atoms with Gasteiger partial charge in [-0.05, 0) is 37.3 Å². The van der Waals surface area contributed by atoms with E-state index in [2.05, 4.69) is 11.9 Å². The average molecular weight is 335 g/mol. The summed E-state index contributed by atoms with van der Waals surface area (Å²) >= 11 is 7.83. The molecule has 1 aromatic heterocycles. The van der Waals surface area contributed by atoms with Crippen molar-refractivity contribution in [3.63, 3.8) is 0 Å². The van der Waals surface area contributed by atoms with Gasteiger partial charge in [-0.1, -0.05) is 36.7 Å². The van der Waals surface area contributed by atoms with Crippen molar-refractivity contribution >= 4 is 23.4 Å². The van der Waals surface area contributed by atoms with Crippen LogP contribution in [-0.4, -0.2) is 9.55 Å². The van der Waals surface area contributed by atoms with Gasteiger partial charge in [0.1, 0.15) is 5.03 Å². The summed E-state index contributed by atoms with van der Waals surface area (Å²) in [5, 5.41) is 1.66. The third kappa shape index (κ3) is 3.08. The minimum Gasteiger partial charge on any atom is -0.296 e. The van der Waals surface area contributed by atoms with E-state index in [1.807, 2.05) is 28.8 Å². The Hall–Kier alpha value is -1.26. The van der Waals surface area contributed by atoms with E-state index in [0.29, 0.717) is 0 Å². The van der Waals surface area contributed by atoms with Gasteiger partial charge in [0.2, 0.25) is 0 Å². The van der Waals surface area contributed by atoms with Gasteiger partial charge >= 0.3 is 5.69 Å². The van der Waals surface area contributed by atoms with Crippen LogP contribution in [0.25, 0.3) is 0 Å². The quantitative estimate of drug-likeness (QED) is 0.610. The molecule has 1 aromatic carbocycles. The van der Waals surface area contributed by atoms with Gasteiger partial charge in [0, 0.05) is 28.6 Å². The van der Waals surface area contributed by atoms with Crippen LogP contribution < -0.4 is 5.69 Å². The highest BCUT2D eigenvalue weighted by atomic mass is 35.5. The van der Waals surface area contributed by atoms with Gasteiger partial charge in [-0.2, -0.15) is 4.98 Å². The molecule has 1 aliphatic rings. The molecule has 0 amide bonds. The number of fused-ring (bicyclic) bond motifs is 1. The molecule has 2 aromatic rings. The molecule has 5 heteroatoms. The number of halogens is 1. The fraction of sp³-hybridized carbons (Fsp3) is 0.412. The second kappa shape index (κ2) is 6.88. The topological polar surface area (TPSA) is 34.9 Å². The van der Waals surface area contributed by atoms with Gasteiger partial charge < -0.3 is 0 Å². The van der Waals surface area contributed by atoms with E-state index in [-0.39, 0.29) is 5.69 Å². The Bertz CT molecular complexity index is 742. The largest absolute Gasteiger partial charge is 0.348 e. The van der Waals surface area contributed by atoms with Gasteiger partial charge in [-0.3, -0.25) is 4.57 Å². The number of thioether (sulfide) groups is 1. The number of hydrogen-bond donors (Lipinski definition) is 0. The average Bonchev–Trinajstić information content (AvgIpc) is 2.99. The number of rotatable bonds is 5. The summed E-state index contributed by atoms with van der Waals surface area (Å²) in [7, 11) is 0. The lowest BCUT2D eigenvalue weighted by molar-refractivity contribution is 0.597. The van der Waals surface area contributed by atoms with E-state index >= 15 is 0 Å². The Morgan fingerprint density at radius 2 is 2.14 bits per heavy atom. The van der Waals surface area contributed by atoms with Crippen LogP contribution in [0.2, 0.25) is 5.02 Å². The monoisotopic (exact) mass is 334 g/mol. The van der Waals surface area contributed by atoms with Crippen molar-refractivity contribution in [1.82, 2.24) is 9.55 Å². The Morgan fingerprint density at radius 3 is 2.91 bits per heavy atom. The van der Waals surface area contributed by atoms with Crippen LogP contribution in [0.5, 0.6) is 0 Å². The minimum atomic E-state index is -0.107. The van der Waals surface area contributed by atoms with Crippen molar-refractivity contribution in [3.8, 4) is 0 Å². The highest BCUT2D eigenvalue weighted by Crippen LogP contribution is 2.32. The second-order valence-electron chi connectivity index (χ2n) is 5.51. The van der Waals surface area contributed by atoms with Gasteiger partial charge in [-0.25, -0.2) is 4.79 Å². The van der Waals surface area contributed by atoms with E-state index in [1.54, 1.807) is 11.8 Å². The molecular weight excluding hydrogens is 316 g/mol. The first kappa shape index (κ1) is 15.6. The molecular formula is C17H19ClN2OS. The van der Waals surface area contributed by atoms with Gasteiger partial charge in [0.25, 0.3) is 0 Å². The van der Waals surface area contributed by atoms with Crippen LogP contribution >= 0.6 is 23.4 Å². The molecule has 0 N–H and O–H groups in total. The minimum absolute atomic E-state index is 0.107. The van der Waals surface area contributed by atoms with Crippen molar-refractivity contribution < 1.29 is 0 Å². The molecule has 116 valence electrons. The van der Waals surface area contributed by atoms with Crippen LogP contribution in [0.1, 0.15) is 36.6 Å².